The molecule has 0 bridgehead atoms. The van der Waals surface area contributed by atoms with Crippen molar-refractivity contribution in [3.05, 3.63) is 23.0 Å². The minimum Gasteiger partial charge on any atom is -0.495 e. The van der Waals surface area contributed by atoms with Gasteiger partial charge in [0.25, 0.3) is 0 Å². The van der Waals surface area contributed by atoms with E-state index in [9.17, 15) is 10.2 Å². The van der Waals surface area contributed by atoms with E-state index < -0.39 is 5.60 Å². The number of hydrogen-bond acceptors (Lipinski definition) is 3. The summed E-state index contributed by atoms with van der Waals surface area (Å²) in [5.41, 5.74) is 2.97. The van der Waals surface area contributed by atoms with Crippen LogP contribution in [0, 0.1) is 23.2 Å². The summed E-state index contributed by atoms with van der Waals surface area (Å²) in [4.78, 5) is 0. The van der Waals surface area contributed by atoms with Crippen LogP contribution in [0.2, 0.25) is 0 Å². The molecule has 5 atom stereocenters. The van der Waals surface area contributed by atoms with Crippen LogP contribution < -0.4 is 0 Å². The van der Waals surface area contributed by atoms with Gasteiger partial charge < -0.3 is 14.9 Å². The van der Waals surface area contributed by atoms with Crippen molar-refractivity contribution >= 4 is 0 Å². The molecule has 0 unspecified atom stereocenters. The Bertz CT molecular complexity index is 703. The third kappa shape index (κ3) is 3.30. The van der Waals surface area contributed by atoms with E-state index in [1.165, 1.54) is 57.1 Å². The van der Waals surface area contributed by atoms with Gasteiger partial charge in [-0.2, -0.15) is 0 Å². The Labute approximate surface area is 183 Å². The van der Waals surface area contributed by atoms with Gasteiger partial charge in [0.2, 0.25) is 0 Å². The summed E-state index contributed by atoms with van der Waals surface area (Å²) >= 11 is 0. The average molecular weight is 415 g/mol. The Morgan fingerprint density at radius 2 is 1.93 bits per heavy atom. The topological polar surface area (TPSA) is 49.7 Å². The predicted molar refractivity (Wildman–Crippen MR) is 120 cm³/mol. The molecule has 30 heavy (non-hydrogen) atoms. The fourth-order valence-electron chi connectivity index (χ4n) is 8.59. The van der Waals surface area contributed by atoms with Crippen molar-refractivity contribution in [2.45, 2.75) is 115 Å². The highest BCUT2D eigenvalue weighted by Crippen LogP contribution is 2.66. The van der Waals surface area contributed by atoms with E-state index in [1.807, 2.05) is 0 Å². The second-order valence-corrected chi connectivity index (χ2v) is 11.1. The fraction of sp³-hybridized carbons (Fsp3) is 0.852. The second-order valence-electron chi connectivity index (χ2n) is 11.1. The third-order valence-electron chi connectivity index (χ3n) is 10.0. The van der Waals surface area contributed by atoms with Crippen molar-refractivity contribution in [2.24, 2.45) is 23.2 Å². The van der Waals surface area contributed by atoms with Crippen LogP contribution in [-0.2, 0) is 4.74 Å². The first kappa shape index (κ1) is 21.1. The van der Waals surface area contributed by atoms with Gasteiger partial charge in [0.1, 0.15) is 0 Å². The summed E-state index contributed by atoms with van der Waals surface area (Å²) in [5.74, 6) is 3.36. The lowest BCUT2D eigenvalue weighted by Gasteiger charge is -2.56. The molecular weight excluding hydrogens is 372 g/mol. The molecule has 168 valence electrons. The lowest BCUT2D eigenvalue weighted by atomic mass is 9.50. The Morgan fingerprint density at radius 1 is 1.10 bits per heavy atom. The van der Waals surface area contributed by atoms with Gasteiger partial charge in [-0.3, -0.25) is 0 Å². The van der Waals surface area contributed by atoms with Gasteiger partial charge in [0.05, 0.1) is 17.5 Å². The predicted octanol–water partition coefficient (Wildman–Crippen LogP) is 6.05. The number of fused-ring (bicyclic) bond motifs is 4. The van der Waals surface area contributed by atoms with Gasteiger partial charge in [0.15, 0.2) is 0 Å². The summed E-state index contributed by atoms with van der Waals surface area (Å²) in [7, 11) is 0. The minimum absolute atomic E-state index is 0.0466. The van der Waals surface area contributed by atoms with Crippen molar-refractivity contribution in [1.29, 1.82) is 0 Å². The van der Waals surface area contributed by atoms with E-state index in [4.69, 9.17) is 4.74 Å². The zero-order chi connectivity index (χ0) is 20.8. The molecule has 2 N–H and O–H groups in total. The summed E-state index contributed by atoms with van der Waals surface area (Å²) in [6.07, 6.45) is 20.0. The van der Waals surface area contributed by atoms with Crippen LogP contribution in [0.4, 0.5) is 0 Å². The highest BCUT2D eigenvalue weighted by atomic mass is 16.5. The first-order valence-corrected chi connectivity index (χ1v) is 13.0. The largest absolute Gasteiger partial charge is 0.495 e. The fourth-order valence-corrected chi connectivity index (χ4v) is 8.59. The van der Waals surface area contributed by atoms with E-state index in [1.54, 1.807) is 11.1 Å². The third-order valence-corrected chi connectivity index (χ3v) is 10.0. The zero-order valence-corrected chi connectivity index (χ0v) is 19.0. The maximum Gasteiger partial charge on any atom is 0.0982 e. The molecule has 0 aliphatic heterocycles. The molecule has 0 heterocycles. The zero-order valence-electron chi connectivity index (χ0n) is 19.0. The van der Waals surface area contributed by atoms with Gasteiger partial charge in [-0.25, -0.2) is 0 Å². The van der Waals surface area contributed by atoms with Crippen LogP contribution in [0.15, 0.2) is 23.0 Å². The summed E-state index contributed by atoms with van der Waals surface area (Å²) in [6.45, 7) is 2.43. The minimum atomic E-state index is -0.513. The van der Waals surface area contributed by atoms with Crippen molar-refractivity contribution in [1.82, 2.24) is 0 Å². The lowest BCUT2D eigenvalue weighted by molar-refractivity contribution is -0.126. The van der Waals surface area contributed by atoms with Crippen molar-refractivity contribution in [3.63, 3.8) is 0 Å². The molecule has 3 fully saturated rings. The average Bonchev–Trinajstić information content (AvgIpc) is 3.38. The molecule has 0 aromatic carbocycles. The molecule has 3 saturated carbocycles. The smallest absolute Gasteiger partial charge is 0.0982 e. The lowest BCUT2D eigenvalue weighted by Crippen LogP contribution is -2.53. The van der Waals surface area contributed by atoms with Crippen molar-refractivity contribution in [3.8, 4) is 0 Å². The van der Waals surface area contributed by atoms with Gasteiger partial charge in [-0.05, 0) is 114 Å². The molecule has 3 nitrogen and oxygen atoms in total. The maximum absolute atomic E-state index is 11.6. The Balaban J connectivity index is 1.33. The van der Waals surface area contributed by atoms with E-state index in [2.05, 4.69) is 13.0 Å². The highest BCUT2D eigenvalue weighted by molar-refractivity contribution is 5.33. The molecule has 0 radical (unpaired) electrons. The van der Waals surface area contributed by atoms with Crippen LogP contribution >= 0.6 is 0 Å². The number of hydrogen-bond donors (Lipinski definition) is 2. The molecule has 5 rings (SSSR count). The van der Waals surface area contributed by atoms with Gasteiger partial charge in [0, 0.05) is 18.4 Å². The normalized spacial score (nSPS) is 41.3. The first-order chi connectivity index (χ1) is 14.6. The summed E-state index contributed by atoms with van der Waals surface area (Å²) in [5, 5.41) is 21.2. The second kappa shape index (κ2) is 8.28. The SMILES string of the molecule is CC[C@]1(O)CC[C@H]2[C@@H]3CCC4=C(CC=C(OC5CCCC5)C4)[C@H]3CC[C@@]21CCCO. The monoisotopic (exact) mass is 414 g/mol. The maximum atomic E-state index is 11.6. The number of ether oxygens (including phenoxy) is 1. The molecule has 0 spiro atoms. The Morgan fingerprint density at radius 3 is 2.70 bits per heavy atom. The molecule has 0 aromatic rings. The van der Waals surface area contributed by atoms with Gasteiger partial charge in [-0.15, -0.1) is 0 Å². The van der Waals surface area contributed by atoms with Gasteiger partial charge in [-0.1, -0.05) is 18.1 Å². The van der Waals surface area contributed by atoms with Crippen LogP contribution in [0.3, 0.4) is 0 Å². The van der Waals surface area contributed by atoms with Crippen LogP contribution in [-0.4, -0.2) is 28.5 Å². The van der Waals surface area contributed by atoms with Crippen molar-refractivity contribution < 1.29 is 14.9 Å². The van der Waals surface area contributed by atoms with E-state index >= 15 is 0 Å². The molecule has 3 heteroatoms. The molecule has 0 amide bonds. The molecule has 5 aliphatic carbocycles. The van der Waals surface area contributed by atoms with E-state index in [0.717, 1.165) is 56.8 Å². The van der Waals surface area contributed by atoms with E-state index in [0.29, 0.717) is 12.0 Å². The van der Waals surface area contributed by atoms with Gasteiger partial charge >= 0.3 is 0 Å². The number of allylic oxidation sites excluding steroid dienone is 3. The van der Waals surface area contributed by atoms with E-state index in [-0.39, 0.29) is 12.0 Å². The highest BCUT2D eigenvalue weighted by Gasteiger charge is 2.62. The number of rotatable bonds is 6. The Kier molecular flexibility index (Phi) is 5.81. The first-order valence-electron chi connectivity index (χ1n) is 13.0. The summed E-state index contributed by atoms with van der Waals surface area (Å²) < 4.78 is 6.38. The van der Waals surface area contributed by atoms with Crippen LogP contribution in [0.25, 0.3) is 0 Å². The van der Waals surface area contributed by atoms with Crippen LogP contribution in [0.5, 0.6) is 0 Å². The molecule has 0 saturated heterocycles. The number of aliphatic hydroxyl groups is 2. The van der Waals surface area contributed by atoms with Crippen LogP contribution in [0.1, 0.15) is 103 Å². The molecule has 0 aromatic heterocycles. The standard InChI is InChI=1S/C27H42O3/c1-2-27(29)16-13-25-24-10-8-19-18-21(30-20-6-3-4-7-20)9-11-22(19)23(24)12-15-26(25,27)14-5-17-28/h9,20,23-25,28-29H,2-8,10-18H2,1H3/t23-,24-,25+,26+,27+/m1/s1. The number of aliphatic hydroxyl groups excluding tert-OH is 1. The Hall–Kier alpha value is -0.800. The molecule has 5 aliphatic rings. The quantitative estimate of drug-likeness (QED) is 0.520. The van der Waals surface area contributed by atoms with Crippen molar-refractivity contribution in [2.75, 3.05) is 6.61 Å². The summed E-state index contributed by atoms with van der Waals surface area (Å²) in [6, 6.07) is 0. The molecular formula is C27H42O3.